The molecule has 100 valence electrons. The van der Waals surface area contributed by atoms with E-state index in [0.717, 1.165) is 10.0 Å². The number of aromatic nitrogens is 2. The summed E-state index contributed by atoms with van der Waals surface area (Å²) in [5.74, 6) is 0.936. The van der Waals surface area contributed by atoms with Crippen molar-refractivity contribution < 1.29 is 9.47 Å². The molecule has 1 heterocycles. The van der Waals surface area contributed by atoms with Crippen LogP contribution in [0.2, 0.25) is 0 Å². The highest BCUT2D eigenvalue weighted by Crippen LogP contribution is 2.33. The zero-order valence-electron chi connectivity index (χ0n) is 10.3. The highest BCUT2D eigenvalue weighted by molar-refractivity contribution is 9.10. The number of nitrogens with zero attached hydrogens (tertiary/aromatic N) is 2. The first-order valence-electron chi connectivity index (χ1n) is 5.31. The number of benzene rings is 1. The molecule has 0 bridgehead atoms. The van der Waals surface area contributed by atoms with Crippen LogP contribution in [-0.4, -0.2) is 17.1 Å². The zero-order chi connectivity index (χ0) is 14.0. The van der Waals surface area contributed by atoms with E-state index in [-0.39, 0.29) is 6.01 Å². The molecule has 2 N–H and O–H groups in total. The second-order valence-corrected chi connectivity index (χ2v) is 5.52. The Morgan fingerprint density at radius 1 is 1.26 bits per heavy atom. The van der Waals surface area contributed by atoms with E-state index in [0.29, 0.717) is 21.8 Å². The van der Waals surface area contributed by atoms with E-state index >= 15 is 0 Å². The number of nitrogen functional groups attached to an aromatic ring is 1. The maximum atomic E-state index is 5.92. The van der Waals surface area contributed by atoms with E-state index < -0.39 is 0 Å². The van der Waals surface area contributed by atoms with Gasteiger partial charge in [0.2, 0.25) is 5.88 Å². The van der Waals surface area contributed by atoms with E-state index in [2.05, 4.69) is 41.8 Å². The standard InChI is InChI=1S/C12H11Br2N3O2/c1-6-3-7(13)4-9(15)10(6)19-12-16-5-8(14)11(17-12)18-2/h3-5H,15H2,1-2H3. The van der Waals surface area contributed by atoms with Crippen molar-refractivity contribution in [3.05, 3.63) is 32.8 Å². The first kappa shape index (κ1) is 14.1. The molecular formula is C12H11Br2N3O2. The molecule has 0 aliphatic rings. The quantitative estimate of drug-likeness (QED) is 0.812. The van der Waals surface area contributed by atoms with Crippen LogP contribution in [0.15, 0.2) is 27.3 Å². The second kappa shape index (κ2) is 5.75. The average molecular weight is 389 g/mol. The number of rotatable bonds is 3. The molecule has 2 rings (SSSR count). The number of nitrogens with two attached hydrogens (primary N) is 1. The number of hydrogen-bond acceptors (Lipinski definition) is 5. The Morgan fingerprint density at radius 3 is 2.63 bits per heavy atom. The van der Waals surface area contributed by atoms with Gasteiger partial charge in [-0.1, -0.05) is 15.9 Å². The number of anilines is 1. The van der Waals surface area contributed by atoms with Gasteiger partial charge in [-0.25, -0.2) is 4.98 Å². The number of methoxy groups -OCH3 is 1. The third-order valence-corrected chi connectivity index (χ3v) is 3.35. The van der Waals surface area contributed by atoms with Gasteiger partial charge < -0.3 is 15.2 Å². The molecule has 0 fully saturated rings. The third-order valence-electron chi connectivity index (χ3n) is 2.34. The van der Waals surface area contributed by atoms with Gasteiger partial charge in [-0.05, 0) is 40.5 Å². The first-order chi connectivity index (χ1) is 9.01. The van der Waals surface area contributed by atoms with Gasteiger partial charge in [-0.2, -0.15) is 4.98 Å². The summed E-state index contributed by atoms with van der Waals surface area (Å²) < 4.78 is 12.3. The average Bonchev–Trinajstić information content (AvgIpc) is 2.35. The highest BCUT2D eigenvalue weighted by atomic mass is 79.9. The topological polar surface area (TPSA) is 70.3 Å². The summed E-state index contributed by atoms with van der Waals surface area (Å²) in [4.78, 5) is 8.18. The van der Waals surface area contributed by atoms with Crippen LogP contribution in [0.4, 0.5) is 5.69 Å². The molecule has 0 saturated carbocycles. The van der Waals surface area contributed by atoms with Gasteiger partial charge in [-0.15, -0.1) is 0 Å². The lowest BCUT2D eigenvalue weighted by molar-refractivity contribution is 0.373. The van der Waals surface area contributed by atoms with Gasteiger partial charge in [0.25, 0.3) is 0 Å². The largest absolute Gasteiger partial charge is 0.480 e. The molecule has 0 radical (unpaired) electrons. The van der Waals surface area contributed by atoms with E-state index in [1.165, 1.54) is 7.11 Å². The summed E-state index contributed by atoms with van der Waals surface area (Å²) in [7, 11) is 1.52. The fraction of sp³-hybridized carbons (Fsp3) is 0.167. The van der Waals surface area contributed by atoms with Crippen LogP contribution in [0.25, 0.3) is 0 Å². The Bertz CT molecular complexity index is 597. The lowest BCUT2D eigenvalue weighted by Gasteiger charge is -2.11. The third kappa shape index (κ3) is 3.16. The minimum Gasteiger partial charge on any atom is -0.480 e. The normalized spacial score (nSPS) is 10.3. The first-order valence-corrected chi connectivity index (χ1v) is 6.90. The maximum absolute atomic E-state index is 5.92. The van der Waals surface area contributed by atoms with Crippen LogP contribution in [-0.2, 0) is 0 Å². The SMILES string of the molecule is COc1nc(Oc2c(C)cc(Br)cc2N)ncc1Br. The van der Waals surface area contributed by atoms with Crippen molar-refractivity contribution in [1.29, 1.82) is 0 Å². The van der Waals surface area contributed by atoms with Crippen molar-refractivity contribution in [1.82, 2.24) is 9.97 Å². The molecule has 0 unspecified atom stereocenters. The minimum absolute atomic E-state index is 0.178. The molecule has 0 amide bonds. The molecular weight excluding hydrogens is 378 g/mol. The molecule has 0 saturated heterocycles. The van der Waals surface area contributed by atoms with Gasteiger partial charge in [0.15, 0.2) is 5.75 Å². The Hall–Kier alpha value is -1.34. The maximum Gasteiger partial charge on any atom is 0.325 e. The fourth-order valence-electron chi connectivity index (χ4n) is 1.52. The van der Waals surface area contributed by atoms with Crippen LogP contribution >= 0.6 is 31.9 Å². The van der Waals surface area contributed by atoms with E-state index in [4.69, 9.17) is 15.2 Å². The molecule has 0 spiro atoms. The molecule has 0 aliphatic heterocycles. The molecule has 0 aliphatic carbocycles. The fourth-order valence-corrected chi connectivity index (χ4v) is 2.46. The summed E-state index contributed by atoms with van der Waals surface area (Å²) in [6.45, 7) is 1.90. The van der Waals surface area contributed by atoms with Crippen molar-refractivity contribution in [2.45, 2.75) is 6.92 Å². The Morgan fingerprint density at radius 2 is 2.00 bits per heavy atom. The van der Waals surface area contributed by atoms with Crippen molar-refractivity contribution in [2.24, 2.45) is 0 Å². The summed E-state index contributed by atoms with van der Waals surface area (Å²) in [5, 5.41) is 0. The molecule has 0 atom stereocenters. The predicted octanol–water partition coefficient (Wildman–Crippen LogP) is 3.69. The zero-order valence-corrected chi connectivity index (χ0v) is 13.4. The van der Waals surface area contributed by atoms with Crippen LogP contribution in [0.3, 0.4) is 0 Å². The van der Waals surface area contributed by atoms with Gasteiger partial charge in [0, 0.05) is 4.47 Å². The van der Waals surface area contributed by atoms with Gasteiger partial charge in [-0.3, -0.25) is 0 Å². The van der Waals surface area contributed by atoms with E-state index in [9.17, 15) is 0 Å². The Balaban J connectivity index is 2.36. The van der Waals surface area contributed by atoms with Crippen molar-refractivity contribution in [3.63, 3.8) is 0 Å². The Labute approximate surface area is 127 Å². The molecule has 7 heteroatoms. The second-order valence-electron chi connectivity index (χ2n) is 3.75. The highest BCUT2D eigenvalue weighted by Gasteiger charge is 2.11. The van der Waals surface area contributed by atoms with Crippen LogP contribution in [0.5, 0.6) is 17.6 Å². The molecule has 19 heavy (non-hydrogen) atoms. The van der Waals surface area contributed by atoms with Crippen molar-refractivity contribution >= 4 is 37.5 Å². The lowest BCUT2D eigenvalue weighted by Crippen LogP contribution is -1.99. The van der Waals surface area contributed by atoms with Crippen LogP contribution in [0.1, 0.15) is 5.56 Å². The van der Waals surface area contributed by atoms with Crippen LogP contribution < -0.4 is 15.2 Å². The molecule has 1 aromatic carbocycles. The van der Waals surface area contributed by atoms with Gasteiger partial charge in [0.1, 0.15) is 0 Å². The summed E-state index contributed by atoms with van der Waals surface area (Å²) in [6, 6.07) is 3.84. The molecule has 1 aromatic heterocycles. The molecule has 5 nitrogen and oxygen atoms in total. The smallest absolute Gasteiger partial charge is 0.325 e. The number of aryl methyl sites for hydroxylation is 1. The summed E-state index contributed by atoms with van der Waals surface area (Å²) >= 11 is 6.65. The summed E-state index contributed by atoms with van der Waals surface area (Å²) in [6.07, 6.45) is 1.56. The van der Waals surface area contributed by atoms with Gasteiger partial charge in [0.05, 0.1) is 23.5 Å². The molecule has 2 aromatic rings. The number of ether oxygens (including phenoxy) is 2. The number of hydrogen-bond donors (Lipinski definition) is 1. The Kier molecular flexibility index (Phi) is 4.26. The number of halogens is 2. The minimum atomic E-state index is 0.178. The van der Waals surface area contributed by atoms with Gasteiger partial charge >= 0.3 is 6.01 Å². The predicted molar refractivity (Wildman–Crippen MR) is 79.6 cm³/mol. The lowest BCUT2D eigenvalue weighted by atomic mass is 10.2. The monoisotopic (exact) mass is 387 g/mol. The van der Waals surface area contributed by atoms with Crippen molar-refractivity contribution in [3.8, 4) is 17.6 Å². The van der Waals surface area contributed by atoms with E-state index in [1.54, 1.807) is 12.3 Å². The van der Waals surface area contributed by atoms with Crippen LogP contribution in [0, 0.1) is 6.92 Å². The van der Waals surface area contributed by atoms with E-state index in [1.807, 2.05) is 13.0 Å². The summed E-state index contributed by atoms with van der Waals surface area (Å²) in [5.41, 5.74) is 7.32. The van der Waals surface area contributed by atoms with Crippen molar-refractivity contribution in [2.75, 3.05) is 12.8 Å².